The van der Waals surface area contributed by atoms with E-state index in [1.807, 2.05) is 6.07 Å². The van der Waals surface area contributed by atoms with Gasteiger partial charge in [0.25, 0.3) is 0 Å². The molecule has 0 N–H and O–H groups in total. The molecule has 20 heavy (non-hydrogen) atoms. The van der Waals surface area contributed by atoms with Crippen molar-refractivity contribution in [3.63, 3.8) is 0 Å². The van der Waals surface area contributed by atoms with Crippen molar-refractivity contribution in [1.29, 1.82) is 0 Å². The van der Waals surface area contributed by atoms with E-state index in [9.17, 15) is 9.59 Å². The highest BCUT2D eigenvalue weighted by Crippen LogP contribution is 2.52. The minimum Gasteiger partial charge on any atom is -0.481 e. The molecule has 0 aliphatic heterocycles. The summed E-state index contributed by atoms with van der Waals surface area (Å²) in [5, 5.41) is 0. The van der Waals surface area contributed by atoms with E-state index in [0.717, 1.165) is 30.4 Å². The molecule has 0 bridgehead atoms. The molecule has 1 saturated carbocycles. The Balaban J connectivity index is 2.13. The van der Waals surface area contributed by atoms with Crippen molar-refractivity contribution in [1.82, 2.24) is 4.98 Å². The zero-order chi connectivity index (χ0) is 14.3. The standard InChI is InChI=1S/C16H19NO3/c1-10-7-11-9-13-12(3-4-15(17-13)20-2)16(11,5-6-18)14(19)8-10/h3-4,6,10-11H,5,7-9H2,1-2H3/t10-,11+,16+/m1/s1. The third-order valence-electron chi connectivity index (χ3n) is 4.90. The number of methoxy groups -OCH3 is 1. The van der Waals surface area contributed by atoms with E-state index in [-0.39, 0.29) is 18.1 Å². The van der Waals surface area contributed by atoms with Crippen LogP contribution in [-0.2, 0) is 21.4 Å². The van der Waals surface area contributed by atoms with Gasteiger partial charge in [0.1, 0.15) is 12.1 Å². The average Bonchev–Trinajstić information content (AvgIpc) is 2.73. The number of hydrogen-bond acceptors (Lipinski definition) is 4. The number of hydrogen-bond donors (Lipinski definition) is 0. The van der Waals surface area contributed by atoms with Crippen molar-refractivity contribution in [2.45, 2.75) is 38.0 Å². The molecule has 1 aromatic rings. The number of carbonyl (C=O) groups excluding carboxylic acids is 2. The van der Waals surface area contributed by atoms with Crippen LogP contribution in [0.1, 0.15) is 37.4 Å². The largest absolute Gasteiger partial charge is 0.481 e. The zero-order valence-electron chi connectivity index (χ0n) is 11.9. The van der Waals surface area contributed by atoms with Crippen LogP contribution in [-0.4, -0.2) is 24.2 Å². The van der Waals surface area contributed by atoms with Crippen molar-refractivity contribution < 1.29 is 14.3 Å². The van der Waals surface area contributed by atoms with Crippen molar-refractivity contribution in [2.75, 3.05) is 7.11 Å². The van der Waals surface area contributed by atoms with E-state index in [1.54, 1.807) is 13.2 Å². The van der Waals surface area contributed by atoms with Crippen LogP contribution in [0.25, 0.3) is 0 Å². The highest BCUT2D eigenvalue weighted by molar-refractivity contribution is 5.94. The summed E-state index contributed by atoms with van der Waals surface area (Å²) < 4.78 is 5.17. The molecule has 2 aliphatic rings. The van der Waals surface area contributed by atoms with Gasteiger partial charge in [0.05, 0.1) is 12.5 Å². The fraction of sp³-hybridized carbons (Fsp3) is 0.562. The first-order valence-electron chi connectivity index (χ1n) is 7.13. The average molecular weight is 273 g/mol. The van der Waals surface area contributed by atoms with Crippen molar-refractivity contribution in [2.24, 2.45) is 11.8 Å². The second-order valence-electron chi connectivity index (χ2n) is 6.06. The molecular formula is C16H19NO3. The van der Waals surface area contributed by atoms with Crippen LogP contribution >= 0.6 is 0 Å². The first-order chi connectivity index (χ1) is 9.61. The van der Waals surface area contributed by atoms with E-state index in [0.29, 0.717) is 18.2 Å². The Bertz CT molecular complexity index is 569. The number of carbonyl (C=O) groups is 2. The number of aromatic nitrogens is 1. The molecule has 1 heterocycles. The summed E-state index contributed by atoms with van der Waals surface area (Å²) in [5.74, 6) is 1.38. The summed E-state index contributed by atoms with van der Waals surface area (Å²) in [6.07, 6.45) is 3.50. The molecule has 1 fully saturated rings. The monoisotopic (exact) mass is 273 g/mol. The van der Waals surface area contributed by atoms with Crippen LogP contribution in [0.3, 0.4) is 0 Å². The Morgan fingerprint density at radius 1 is 1.45 bits per heavy atom. The molecule has 3 atom stereocenters. The topological polar surface area (TPSA) is 56.3 Å². The lowest BCUT2D eigenvalue weighted by Crippen LogP contribution is -2.45. The van der Waals surface area contributed by atoms with Gasteiger partial charge in [-0.3, -0.25) is 4.79 Å². The smallest absolute Gasteiger partial charge is 0.213 e. The van der Waals surface area contributed by atoms with Gasteiger partial charge in [-0.1, -0.05) is 13.0 Å². The molecule has 106 valence electrons. The van der Waals surface area contributed by atoms with Gasteiger partial charge in [0.2, 0.25) is 5.88 Å². The number of aldehydes is 1. The molecule has 1 aromatic heterocycles. The molecular weight excluding hydrogens is 254 g/mol. The Morgan fingerprint density at radius 3 is 2.95 bits per heavy atom. The van der Waals surface area contributed by atoms with E-state index in [2.05, 4.69) is 11.9 Å². The molecule has 0 aromatic carbocycles. The summed E-state index contributed by atoms with van der Waals surface area (Å²) in [7, 11) is 1.59. The third kappa shape index (κ3) is 1.70. The predicted molar refractivity (Wildman–Crippen MR) is 73.7 cm³/mol. The fourth-order valence-electron chi connectivity index (χ4n) is 4.04. The molecule has 4 heteroatoms. The van der Waals surface area contributed by atoms with Crippen molar-refractivity contribution >= 4 is 12.1 Å². The second kappa shape index (κ2) is 4.69. The van der Waals surface area contributed by atoms with Gasteiger partial charge < -0.3 is 9.53 Å². The maximum absolute atomic E-state index is 12.7. The van der Waals surface area contributed by atoms with Gasteiger partial charge in [-0.2, -0.15) is 0 Å². The molecule has 0 radical (unpaired) electrons. The first kappa shape index (κ1) is 13.3. The van der Waals surface area contributed by atoms with Gasteiger partial charge in [-0.25, -0.2) is 4.98 Å². The Labute approximate surface area is 118 Å². The summed E-state index contributed by atoms with van der Waals surface area (Å²) in [4.78, 5) is 28.4. The van der Waals surface area contributed by atoms with E-state index < -0.39 is 5.41 Å². The van der Waals surface area contributed by atoms with Crippen molar-refractivity contribution in [3.8, 4) is 5.88 Å². The van der Waals surface area contributed by atoms with Crippen molar-refractivity contribution in [3.05, 3.63) is 23.4 Å². The zero-order valence-corrected chi connectivity index (χ0v) is 11.9. The molecule has 0 amide bonds. The normalized spacial score (nSPS) is 31.6. The van der Waals surface area contributed by atoms with Gasteiger partial charge in [-0.05, 0) is 30.2 Å². The number of fused-ring (bicyclic) bond motifs is 3. The number of ketones is 1. The number of Topliss-reactive ketones (excluding diaryl/α,β-unsaturated/α-hetero) is 1. The lowest BCUT2D eigenvalue weighted by Gasteiger charge is -2.39. The van der Waals surface area contributed by atoms with Gasteiger partial charge in [0.15, 0.2) is 0 Å². The summed E-state index contributed by atoms with van der Waals surface area (Å²) in [6, 6.07) is 3.72. The highest BCUT2D eigenvalue weighted by Gasteiger charge is 2.54. The second-order valence-corrected chi connectivity index (χ2v) is 6.06. The fourth-order valence-corrected chi connectivity index (χ4v) is 4.04. The predicted octanol–water partition coefficient (Wildman–Crippen LogP) is 2.09. The maximum Gasteiger partial charge on any atom is 0.213 e. The minimum atomic E-state index is -0.622. The number of nitrogens with zero attached hydrogens (tertiary/aromatic N) is 1. The van der Waals surface area contributed by atoms with Gasteiger partial charge in [-0.15, -0.1) is 0 Å². The molecule has 4 nitrogen and oxygen atoms in total. The van der Waals surface area contributed by atoms with Crippen LogP contribution in [0.15, 0.2) is 12.1 Å². The van der Waals surface area contributed by atoms with Crippen LogP contribution in [0.4, 0.5) is 0 Å². The quantitative estimate of drug-likeness (QED) is 0.791. The van der Waals surface area contributed by atoms with E-state index >= 15 is 0 Å². The van der Waals surface area contributed by atoms with Crippen LogP contribution in [0.2, 0.25) is 0 Å². The molecule has 0 unspecified atom stereocenters. The minimum absolute atomic E-state index is 0.207. The number of rotatable bonds is 3. The number of ether oxygens (including phenoxy) is 1. The Kier molecular flexibility index (Phi) is 3.11. The van der Waals surface area contributed by atoms with E-state index in [1.165, 1.54) is 0 Å². The maximum atomic E-state index is 12.7. The lowest BCUT2D eigenvalue weighted by atomic mass is 9.61. The SMILES string of the molecule is COc1ccc2c(n1)C[C@@H]1C[C@@H](C)CC(=O)[C@]21CC=O. The van der Waals surface area contributed by atoms with Gasteiger partial charge in [0, 0.05) is 24.6 Å². The Morgan fingerprint density at radius 2 is 2.25 bits per heavy atom. The summed E-state index contributed by atoms with van der Waals surface area (Å²) >= 11 is 0. The first-order valence-corrected chi connectivity index (χ1v) is 7.13. The van der Waals surface area contributed by atoms with Gasteiger partial charge >= 0.3 is 0 Å². The van der Waals surface area contributed by atoms with Crippen LogP contribution < -0.4 is 4.74 Å². The number of pyridine rings is 1. The lowest BCUT2D eigenvalue weighted by molar-refractivity contribution is -0.132. The summed E-state index contributed by atoms with van der Waals surface area (Å²) in [5.41, 5.74) is 1.26. The Hall–Kier alpha value is -1.71. The summed E-state index contributed by atoms with van der Waals surface area (Å²) in [6.45, 7) is 2.11. The van der Waals surface area contributed by atoms with E-state index in [4.69, 9.17) is 4.74 Å². The molecule has 2 aliphatic carbocycles. The third-order valence-corrected chi connectivity index (χ3v) is 4.90. The highest BCUT2D eigenvalue weighted by atomic mass is 16.5. The molecule has 0 spiro atoms. The van der Waals surface area contributed by atoms with Crippen LogP contribution in [0.5, 0.6) is 5.88 Å². The molecule has 0 saturated heterocycles. The molecule has 3 rings (SSSR count). The van der Waals surface area contributed by atoms with Crippen LogP contribution in [0, 0.1) is 11.8 Å².